The van der Waals surface area contributed by atoms with Crippen LogP contribution < -0.4 is 5.73 Å². The van der Waals surface area contributed by atoms with Crippen LogP contribution in [0.25, 0.3) is 11.0 Å². The Balaban J connectivity index is 2.83. The number of halogens is 2. The van der Waals surface area contributed by atoms with Gasteiger partial charge in [-0.2, -0.15) is 0 Å². The largest absolute Gasteiger partial charge is 0.456 e. The topological polar surface area (TPSA) is 39.2 Å². The Labute approximate surface area is 98.2 Å². The number of hydrogen-bond acceptors (Lipinski definition) is 2. The lowest BCUT2D eigenvalue weighted by atomic mass is 9.99. The molecule has 1 aromatic heterocycles. The van der Waals surface area contributed by atoms with Gasteiger partial charge in [0.2, 0.25) is 0 Å². The molecule has 0 amide bonds. The lowest BCUT2D eigenvalue weighted by Crippen LogP contribution is -1.99. The van der Waals surface area contributed by atoms with E-state index in [0.717, 1.165) is 10.9 Å². The van der Waals surface area contributed by atoms with E-state index < -0.39 is 5.82 Å². The van der Waals surface area contributed by atoms with Gasteiger partial charge >= 0.3 is 0 Å². The maximum Gasteiger partial charge on any atom is 0.184 e. The first-order valence-electron chi connectivity index (χ1n) is 5.15. The average Bonchev–Trinajstić information content (AvgIpc) is 2.62. The summed E-state index contributed by atoms with van der Waals surface area (Å²) in [6.45, 7) is 4.31. The van der Waals surface area contributed by atoms with E-state index in [-0.39, 0.29) is 23.1 Å². The highest BCUT2D eigenvalue weighted by Crippen LogP contribution is 2.35. The Kier molecular flexibility index (Phi) is 2.91. The number of fused-ring (bicyclic) bond motifs is 1. The number of nitrogens with two attached hydrogens (primary N) is 1. The molecule has 2 rings (SSSR count). The molecule has 0 bridgehead atoms. The third-order valence-corrected chi connectivity index (χ3v) is 2.92. The average molecular weight is 242 g/mol. The zero-order valence-corrected chi connectivity index (χ0v) is 9.94. The van der Waals surface area contributed by atoms with E-state index in [1.807, 2.05) is 13.8 Å². The van der Waals surface area contributed by atoms with E-state index in [1.54, 1.807) is 12.1 Å². The minimum Gasteiger partial charge on any atom is -0.456 e. The van der Waals surface area contributed by atoms with Gasteiger partial charge in [-0.1, -0.05) is 25.4 Å². The summed E-state index contributed by atoms with van der Waals surface area (Å²) in [6.07, 6.45) is 0. The van der Waals surface area contributed by atoms with Crippen molar-refractivity contribution in [1.82, 2.24) is 0 Å². The summed E-state index contributed by atoms with van der Waals surface area (Å²) >= 11 is 5.71. The maximum absolute atomic E-state index is 13.7. The molecule has 0 spiro atoms. The van der Waals surface area contributed by atoms with Crippen LogP contribution in [0.15, 0.2) is 16.5 Å². The van der Waals surface area contributed by atoms with E-state index in [9.17, 15) is 4.39 Å². The normalized spacial score (nSPS) is 11.6. The van der Waals surface area contributed by atoms with Crippen molar-refractivity contribution < 1.29 is 8.81 Å². The Morgan fingerprint density at radius 3 is 2.69 bits per heavy atom. The molecule has 0 aliphatic rings. The van der Waals surface area contributed by atoms with Gasteiger partial charge in [0.1, 0.15) is 5.76 Å². The summed E-state index contributed by atoms with van der Waals surface area (Å²) in [4.78, 5) is 0. The first-order valence-corrected chi connectivity index (χ1v) is 5.53. The van der Waals surface area contributed by atoms with Crippen molar-refractivity contribution in [1.29, 1.82) is 0 Å². The molecule has 2 aromatic rings. The van der Waals surface area contributed by atoms with Crippen molar-refractivity contribution in [3.63, 3.8) is 0 Å². The van der Waals surface area contributed by atoms with Crippen molar-refractivity contribution in [3.8, 4) is 0 Å². The molecule has 1 heterocycles. The third kappa shape index (κ3) is 1.60. The number of benzene rings is 1. The Morgan fingerprint density at radius 1 is 1.44 bits per heavy atom. The molecule has 0 aliphatic carbocycles. The molecule has 86 valence electrons. The molecule has 0 unspecified atom stereocenters. The molecular weight excluding hydrogens is 229 g/mol. The van der Waals surface area contributed by atoms with Gasteiger partial charge < -0.3 is 10.2 Å². The Morgan fingerprint density at radius 2 is 2.12 bits per heavy atom. The summed E-state index contributed by atoms with van der Waals surface area (Å²) in [5, 5.41) is 0.831. The molecule has 0 atom stereocenters. The van der Waals surface area contributed by atoms with Crippen molar-refractivity contribution in [2.45, 2.75) is 26.3 Å². The lowest BCUT2D eigenvalue weighted by molar-refractivity contribution is 0.515. The molecular formula is C12H13ClFNO. The van der Waals surface area contributed by atoms with E-state index in [4.69, 9.17) is 21.8 Å². The second kappa shape index (κ2) is 4.07. The van der Waals surface area contributed by atoms with Gasteiger partial charge in [-0.05, 0) is 18.1 Å². The van der Waals surface area contributed by atoms with Crippen LogP contribution in [0, 0.1) is 5.82 Å². The van der Waals surface area contributed by atoms with Crippen LogP contribution in [0.5, 0.6) is 0 Å². The van der Waals surface area contributed by atoms with Crippen molar-refractivity contribution in [3.05, 3.63) is 34.3 Å². The van der Waals surface area contributed by atoms with Gasteiger partial charge in [-0.15, -0.1) is 0 Å². The summed E-state index contributed by atoms with van der Waals surface area (Å²) in [6, 6.07) is 3.32. The molecule has 0 fully saturated rings. The van der Waals surface area contributed by atoms with Crippen LogP contribution in [0.1, 0.15) is 31.1 Å². The highest BCUT2D eigenvalue weighted by Gasteiger charge is 2.19. The molecule has 0 aliphatic heterocycles. The van der Waals surface area contributed by atoms with E-state index in [0.29, 0.717) is 5.76 Å². The molecule has 1 aromatic carbocycles. The molecule has 2 nitrogen and oxygen atoms in total. The first kappa shape index (κ1) is 11.4. The smallest absolute Gasteiger partial charge is 0.184 e. The van der Waals surface area contributed by atoms with Gasteiger partial charge in [0.15, 0.2) is 11.4 Å². The fourth-order valence-corrected chi connectivity index (χ4v) is 2.11. The zero-order valence-electron chi connectivity index (χ0n) is 9.18. The third-order valence-electron chi connectivity index (χ3n) is 2.63. The van der Waals surface area contributed by atoms with Crippen LogP contribution >= 0.6 is 11.6 Å². The van der Waals surface area contributed by atoms with Gasteiger partial charge in [0.25, 0.3) is 0 Å². The first-order chi connectivity index (χ1) is 7.56. The summed E-state index contributed by atoms with van der Waals surface area (Å²) < 4.78 is 19.2. The van der Waals surface area contributed by atoms with Crippen molar-refractivity contribution >= 4 is 22.6 Å². The van der Waals surface area contributed by atoms with Gasteiger partial charge in [-0.25, -0.2) is 4.39 Å². The summed E-state index contributed by atoms with van der Waals surface area (Å²) in [7, 11) is 0. The molecule has 0 radical (unpaired) electrons. The summed E-state index contributed by atoms with van der Waals surface area (Å²) in [5.41, 5.74) is 6.76. The molecule has 0 saturated carbocycles. The highest BCUT2D eigenvalue weighted by molar-refractivity contribution is 6.31. The minimum absolute atomic E-state index is 0.0696. The Hall–Kier alpha value is -1.06. The summed E-state index contributed by atoms with van der Waals surface area (Å²) in [5.74, 6) is 0.354. The predicted octanol–water partition coefficient (Wildman–Crippen LogP) is 3.81. The predicted molar refractivity (Wildman–Crippen MR) is 63.2 cm³/mol. The van der Waals surface area contributed by atoms with Gasteiger partial charge in [-0.3, -0.25) is 0 Å². The monoisotopic (exact) mass is 241 g/mol. The zero-order chi connectivity index (χ0) is 11.9. The van der Waals surface area contributed by atoms with Gasteiger partial charge in [0.05, 0.1) is 11.6 Å². The van der Waals surface area contributed by atoms with E-state index in [2.05, 4.69) is 0 Å². The SMILES string of the molecule is CC(C)c1c(CN)oc2c(F)c(Cl)ccc12. The second-order valence-electron chi connectivity index (χ2n) is 4.04. The molecule has 2 N–H and O–H groups in total. The van der Waals surface area contributed by atoms with Crippen LogP contribution in [0.3, 0.4) is 0 Å². The van der Waals surface area contributed by atoms with Crippen LogP contribution in [-0.4, -0.2) is 0 Å². The maximum atomic E-state index is 13.7. The molecule has 4 heteroatoms. The van der Waals surface area contributed by atoms with E-state index >= 15 is 0 Å². The molecule has 0 saturated heterocycles. The van der Waals surface area contributed by atoms with Gasteiger partial charge in [0, 0.05) is 10.9 Å². The van der Waals surface area contributed by atoms with Crippen LogP contribution in [0.2, 0.25) is 5.02 Å². The van der Waals surface area contributed by atoms with Crippen molar-refractivity contribution in [2.24, 2.45) is 5.73 Å². The number of hydrogen-bond donors (Lipinski definition) is 1. The number of rotatable bonds is 2. The second-order valence-corrected chi connectivity index (χ2v) is 4.44. The van der Waals surface area contributed by atoms with Crippen LogP contribution in [0.4, 0.5) is 4.39 Å². The fraction of sp³-hybridized carbons (Fsp3) is 0.333. The Bertz CT molecular complexity index is 533. The van der Waals surface area contributed by atoms with E-state index in [1.165, 1.54) is 0 Å². The lowest BCUT2D eigenvalue weighted by Gasteiger charge is -2.04. The highest BCUT2D eigenvalue weighted by atomic mass is 35.5. The fourth-order valence-electron chi connectivity index (χ4n) is 1.96. The van der Waals surface area contributed by atoms with Crippen molar-refractivity contribution in [2.75, 3.05) is 0 Å². The quantitative estimate of drug-likeness (QED) is 0.869. The van der Waals surface area contributed by atoms with Crippen LogP contribution in [-0.2, 0) is 6.54 Å². The molecule has 16 heavy (non-hydrogen) atoms. The minimum atomic E-state index is -0.513. The standard InChI is InChI=1S/C12H13ClFNO/c1-6(2)10-7-3-4-8(13)11(14)12(7)16-9(10)5-15/h3-4,6H,5,15H2,1-2H3. The number of furan rings is 1.